The molecule has 7 rings (SSSR count). The number of benzene rings is 4. The topological polar surface area (TPSA) is 79.0 Å². The van der Waals surface area contributed by atoms with E-state index in [9.17, 15) is 0 Å². The minimum atomic E-state index is 0.153. The van der Waals surface area contributed by atoms with Gasteiger partial charge < -0.3 is 8.82 Å². The van der Waals surface area contributed by atoms with E-state index in [0.717, 1.165) is 55.5 Å². The summed E-state index contributed by atoms with van der Waals surface area (Å²) in [6.45, 7) is 0. The van der Waals surface area contributed by atoms with Gasteiger partial charge in [0.25, 0.3) is 0 Å². The summed E-state index contributed by atoms with van der Waals surface area (Å²) in [5, 5.41) is 10.5. The molecule has 4 aromatic carbocycles. The molecule has 0 unspecified atom stereocenters. The average Bonchev–Trinajstić information content (AvgIpc) is 3.61. The molecule has 0 saturated heterocycles. The van der Waals surface area contributed by atoms with Gasteiger partial charge in [-0.25, -0.2) is 15.0 Å². The third-order valence-electron chi connectivity index (χ3n) is 6.81. The Kier molecular flexibility index (Phi) is 5.83. The van der Waals surface area contributed by atoms with Gasteiger partial charge in [0.1, 0.15) is 16.8 Å². The Morgan fingerprint density at radius 3 is 2.35 bits per heavy atom. The van der Waals surface area contributed by atoms with Gasteiger partial charge in [0, 0.05) is 51.6 Å². The number of aliphatic imine (C=N–C) groups is 2. The van der Waals surface area contributed by atoms with E-state index in [1.165, 1.54) is 0 Å². The number of rotatable bonds is 4. The van der Waals surface area contributed by atoms with Crippen molar-refractivity contribution in [2.45, 2.75) is 0 Å². The molecule has 0 radical (unpaired) electrons. The minimum absolute atomic E-state index is 0.153. The van der Waals surface area contributed by atoms with E-state index in [1.807, 2.05) is 126 Å². The fraction of sp³-hybridized carbons (Fsp3) is 0. The molecule has 0 spiro atoms. The lowest BCUT2D eigenvalue weighted by Crippen LogP contribution is -2.04. The van der Waals surface area contributed by atoms with Crippen molar-refractivity contribution in [3.05, 3.63) is 144 Å². The summed E-state index contributed by atoms with van der Waals surface area (Å²) < 4.78 is 8.22. The Labute approximate surface area is 230 Å². The summed E-state index contributed by atoms with van der Waals surface area (Å²) in [6, 6.07) is 37.3. The van der Waals surface area contributed by atoms with Crippen LogP contribution in [0.25, 0.3) is 38.8 Å². The van der Waals surface area contributed by atoms with E-state index >= 15 is 0 Å². The number of hydrogen-bond donors (Lipinski definition) is 1. The molecule has 0 atom stereocenters. The van der Waals surface area contributed by atoms with Crippen LogP contribution in [0.2, 0.25) is 0 Å². The van der Waals surface area contributed by atoms with Gasteiger partial charge in [-0.3, -0.25) is 5.41 Å². The first-order valence-corrected chi connectivity index (χ1v) is 12.9. The number of imidazole rings is 1. The van der Waals surface area contributed by atoms with E-state index in [2.05, 4.69) is 11.1 Å². The molecule has 6 heteroatoms. The monoisotopic (exact) mass is 517 g/mol. The lowest BCUT2D eigenvalue weighted by molar-refractivity contribution is 0.669. The number of furan rings is 1. The summed E-state index contributed by atoms with van der Waals surface area (Å²) in [5.74, 6) is 0.616. The van der Waals surface area contributed by atoms with Crippen molar-refractivity contribution in [2.75, 3.05) is 0 Å². The predicted molar refractivity (Wildman–Crippen MR) is 162 cm³/mol. The Morgan fingerprint density at radius 2 is 1.55 bits per heavy atom. The number of aromatic nitrogens is 2. The van der Waals surface area contributed by atoms with Gasteiger partial charge in [0.05, 0.1) is 5.69 Å². The third kappa shape index (κ3) is 4.37. The van der Waals surface area contributed by atoms with E-state index in [0.29, 0.717) is 5.84 Å². The fourth-order valence-electron chi connectivity index (χ4n) is 4.85. The molecule has 0 bridgehead atoms. The van der Waals surface area contributed by atoms with Crippen LogP contribution in [-0.4, -0.2) is 27.3 Å². The summed E-state index contributed by atoms with van der Waals surface area (Å²) >= 11 is 0. The van der Waals surface area contributed by atoms with Crippen molar-refractivity contribution >= 4 is 45.5 Å². The largest absolute Gasteiger partial charge is 0.456 e. The number of nitrogens with one attached hydrogen (secondary N) is 1. The van der Waals surface area contributed by atoms with E-state index in [-0.39, 0.29) is 5.84 Å². The second-order valence-electron chi connectivity index (χ2n) is 9.40. The normalized spacial score (nSPS) is 12.2. The SMILES string of the molecule is N=C(/N=C(\N=C\c1cccc2oc3ccc(-c4cn5ccccc5n4)cc3c12)c1ccccc1)c1ccccc1. The molecule has 40 heavy (non-hydrogen) atoms. The second kappa shape index (κ2) is 9.93. The zero-order valence-corrected chi connectivity index (χ0v) is 21.4. The van der Waals surface area contributed by atoms with Gasteiger partial charge in [0.15, 0.2) is 11.7 Å². The number of hydrogen-bond acceptors (Lipinski definition) is 3. The standard InChI is InChI=1S/C34H23N5O/c35-33(23-10-3-1-4-11-23)38-34(24-12-5-2-6-13-24)36-21-26-14-9-15-30-32(26)27-20-25(17-18-29(27)40-30)28-22-39-19-8-7-16-31(39)37-28/h1-22,35H/b35-33?,36-21+,38-34-. The van der Waals surface area contributed by atoms with E-state index in [1.54, 1.807) is 6.21 Å². The van der Waals surface area contributed by atoms with Crippen molar-refractivity contribution < 1.29 is 4.42 Å². The summed E-state index contributed by atoms with van der Waals surface area (Å²) in [6.07, 6.45) is 5.83. The lowest BCUT2D eigenvalue weighted by Gasteiger charge is -2.04. The average molecular weight is 518 g/mol. The smallest absolute Gasteiger partial charge is 0.161 e. The van der Waals surface area contributed by atoms with Crippen molar-refractivity contribution in [2.24, 2.45) is 9.98 Å². The molecule has 0 saturated carbocycles. The van der Waals surface area contributed by atoms with Crippen molar-refractivity contribution in [3.63, 3.8) is 0 Å². The lowest BCUT2D eigenvalue weighted by atomic mass is 10.0. The van der Waals surface area contributed by atoms with Crippen LogP contribution in [0.5, 0.6) is 0 Å². The molecular weight excluding hydrogens is 494 g/mol. The molecule has 0 fully saturated rings. The molecule has 0 aliphatic rings. The van der Waals surface area contributed by atoms with Crippen LogP contribution in [0, 0.1) is 5.41 Å². The molecule has 0 aliphatic carbocycles. The second-order valence-corrected chi connectivity index (χ2v) is 9.40. The Morgan fingerprint density at radius 1 is 0.775 bits per heavy atom. The molecule has 0 aliphatic heterocycles. The van der Waals surface area contributed by atoms with Crippen LogP contribution in [0.15, 0.2) is 142 Å². The molecule has 3 heterocycles. The van der Waals surface area contributed by atoms with Crippen molar-refractivity contribution in [1.82, 2.24) is 9.38 Å². The van der Waals surface area contributed by atoms with Crippen LogP contribution in [-0.2, 0) is 0 Å². The molecule has 7 aromatic rings. The zero-order valence-electron chi connectivity index (χ0n) is 21.4. The Balaban J connectivity index is 1.33. The van der Waals surface area contributed by atoms with E-state index < -0.39 is 0 Å². The van der Waals surface area contributed by atoms with Crippen LogP contribution in [0.3, 0.4) is 0 Å². The maximum atomic E-state index is 8.57. The summed E-state index contributed by atoms with van der Waals surface area (Å²) in [7, 11) is 0. The first kappa shape index (κ1) is 23.5. The highest BCUT2D eigenvalue weighted by Gasteiger charge is 2.13. The van der Waals surface area contributed by atoms with Crippen molar-refractivity contribution in [3.8, 4) is 11.3 Å². The van der Waals surface area contributed by atoms with Gasteiger partial charge >= 0.3 is 0 Å². The Bertz CT molecular complexity index is 2040. The summed E-state index contributed by atoms with van der Waals surface area (Å²) in [5.41, 5.74) is 6.84. The highest BCUT2D eigenvalue weighted by molar-refractivity contribution is 6.17. The van der Waals surface area contributed by atoms with Crippen LogP contribution < -0.4 is 0 Å². The molecule has 6 nitrogen and oxygen atoms in total. The van der Waals surface area contributed by atoms with Gasteiger partial charge in [-0.15, -0.1) is 0 Å². The van der Waals surface area contributed by atoms with Gasteiger partial charge in [-0.2, -0.15) is 0 Å². The highest BCUT2D eigenvalue weighted by atomic mass is 16.3. The number of nitrogens with zero attached hydrogens (tertiary/aromatic N) is 4. The molecule has 0 amide bonds. The molecule has 1 N–H and O–H groups in total. The summed E-state index contributed by atoms with van der Waals surface area (Å²) in [4.78, 5) is 14.2. The first-order valence-electron chi connectivity index (χ1n) is 12.9. The van der Waals surface area contributed by atoms with Gasteiger partial charge in [-0.05, 0) is 36.4 Å². The Hall–Kier alpha value is -5.62. The van der Waals surface area contributed by atoms with Crippen LogP contribution in [0.4, 0.5) is 0 Å². The van der Waals surface area contributed by atoms with Gasteiger partial charge in [-0.1, -0.05) is 78.9 Å². The van der Waals surface area contributed by atoms with Gasteiger partial charge in [0.2, 0.25) is 0 Å². The van der Waals surface area contributed by atoms with E-state index in [4.69, 9.17) is 19.8 Å². The molecule has 3 aromatic heterocycles. The van der Waals surface area contributed by atoms with Crippen LogP contribution in [0.1, 0.15) is 16.7 Å². The zero-order chi connectivity index (χ0) is 26.9. The highest BCUT2D eigenvalue weighted by Crippen LogP contribution is 2.34. The first-order chi connectivity index (χ1) is 19.7. The third-order valence-corrected chi connectivity index (χ3v) is 6.81. The minimum Gasteiger partial charge on any atom is -0.456 e. The molecule has 190 valence electrons. The number of amidine groups is 2. The van der Waals surface area contributed by atoms with Crippen molar-refractivity contribution in [1.29, 1.82) is 5.41 Å². The predicted octanol–water partition coefficient (Wildman–Crippen LogP) is 7.79. The number of pyridine rings is 1. The maximum Gasteiger partial charge on any atom is 0.161 e. The number of fused-ring (bicyclic) bond motifs is 4. The maximum absolute atomic E-state index is 8.57. The van der Waals surface area contributed by atoms with Crippen LogP contribution >= 0.6 is 0 Å². The quantitative estimate of drug-likeness (QED) is 0.191. The fourth-order valence-corrected chi connectivity index (χ4v) is 4.85. The molecular formula is C34H23N5O.